The minimum Gasteiger partial charge on any atom is -0.491 e. The van der Waals surface area contributed by atoms with E-state index in [1.807, 2.05) is 24.5 Å². The number of ether oxygens (including phenoxy) is 2. The molecule has 4 heterocycles. The third kappa shape index (κ3) is 6.68. The van der Waals surface area contributed by atoms with Crippen molar-refractivity contribution in [2.45, 2.75) is 38.6 Å². The van der Waals surface area contributed by atoms with E-state index in [0.29, 0.717) is 35.9 Å². The van der Waals surface area contributed by atoms with Gasteiger partial charge in [0.2, 0.25) is 23.6 Å². The highest BCUT2D eigenvalue weighted by Gasteiger charge is 2.34. The van der Waals surface area contributed by atoms with Gasteiger partial charge in [-0.05, 0) is 55.5 Å². The molecular formula is C34H38N7O7+. The maximum absolute atomic E-state index is 12.9. The monoisotopic (exact) mass is 656 g/mol. The summed E-state index contributed by atoms with van der Waals surface area (Å²) in [6, 6.07) is 9.03. The Morgan fingerprint density at radius 2 is 1.85 bits per heavy atom. The third-order valence-corrected chi connectivity index (χ3v) is 8.55. The molecule has 2 aliphatic rings. The van der Waals surface area contributed by atoms with Crippen LogP contribution in [0.3, 0.4) is 0 Å². The molecule has 14 heteroatoms. The summed E-state index contributed by atoms with van der Waals surface area (Å²) < 4.78 is 17.9. The SMILES string of the molecule is COc1c(OCCCC(=O)Nc2ccc(-c3cc(C(=O)Nc4cn(C)c(C(=O)O)n4)n(C)c3)cc2)cn2c1C=[N+](O)C1=CCCCC1C2. The van der Waals surface area contributed by atoms with Gasteiger partial charge < -0.3 is 38.9 Å². The molecule has 0 fully saturated rings. The van der Waals surface area contributed by atoms with Gasteiger partial charge in [0.1, 0.15) is 5.69 Å². The van der Waals surface area contributed by atoms with Crippen LogP contribution >= 0.6 is 0 Å². The van der Waals surface area contributed by atoms with Crippen molar-refractivity contribution in [2.75, 3.05) is 24.4 Å². The van der Waals surface area contributed by atoms with Crippen molar-refractivity contribution in [3.63, 3.8) is 0 Å². The molecule has 6 rings (SSSR count). The van der Waals surface area contributed by atoms with Crippen molar-refractivity contribution in [1.29, 1.82) is 0 Å². The highest BCUT2D eigenvalue weighted by atomic mass is 16.5. The van der Waals surface area contributed by atoms with Gasteiger partial charge in [0.25, 0.3) is 5.91 Å². The molecule has 4 N–H and O–H groups in total. The number of carbonyl (C=O) groups excluding carboxylic acids is 2. The second-order valence-corrected chi connectivity index (χ2v) is 11.9. The predicted octanol–water partition coefficient (Wildman–Crippen LogP) is 4.50. The number of hydrogen-bond acceptors (Lipinski definition) is 7. The Hall–Kier alpha value is -5.79. The molecule has 0 saturated carbocycles. The summed E-state index contributed by atoms with van der Waals surface area (Å²) >= 11 is 0. The van der Waals surface area contributed by atoms with Crippen molar-refractivity contribution >= 4 is 35.5 Å². The number of carboxylic acids is 1. The number of benzene rings is 1. The van der Waals surface area contributed by atoms with Crippen LogP contribution < -0.4 is 20.1 Å². The van der Waals surface area contributed by atoms with E-state index in [-0.39, 0.29) is 29.9 Å². The number of rotatable bonds is 11. The molecule has 0 bridgehead atoms. The van der Waals surface area contributed by atoms with Crippen molar-refractivity contribution in [3.8, 4) is 22.6 Å². The van der Waals surface area contributed by atoms with Gasteiger partial charge in [-0.15, -0.1) is 0 Å². The number of methoxy groups -OCH3 is 1. The number of fused-ring (bicyclic) bond motifs is 2. The molecule has 4 aromatic rings. The largest absolute Gasteiger partial charge is 0.491 e. The lowest BCUT2D eigenvalue weighted by Gasteiger charge is -2.17. The second kappa shape index (κ2) is 13.5. The molecule has 1 atom stereocenters. The zero-order chi connectivity index (χ0) is 33.9. The smallest absolute Gasteiger partial charge is 0.372 e. The number of hydrogen-bond donors (Lipinski definition) is 4. The summed E-state index contributed by atoms with van der Waals surface area (Å²) in [7, 11) is 4.85. The van der Waals surface area contributed by atoms with Crippen molar-refractivity contribution in [1.82, 2.24) is 18.7 Å². The Balaban J connectivity index is 1.01. The predicted molar refractivity (Wildman–Crippen MR) is 176 cm³/mol. The molecule has 1 unspecified atom stereocenters. The fraction of sp³-hybridized carbons (Fsp3) is 0.324. The van der Waals surface area contributed by atoms with E-state index in [2.05, 4.69) is 26.3 Å². The second-order valence-electron chi connectivity index (χ2n) is 11.9. The Labute approximate surface area is 276 Å². The van der Waals surface area contributed by atoms with Gasteiger partial charge in [0.05, 0.1) is 25.8 Å². The number of carboxylic acid groups (broad SMARTS) is 1. The van der Waals surface area contributed by atoms with E-state index < -0.39 is 11.9 Å². The van der Waals surface area contributed by atoms with Crippen molar-refractivity contribution in [2.24, 2.45) is 20.0 Å². The maximum Gasteiger partial charge on any atom is 0.372 e. The van der Waals surface area contributed by atoms with Crippen molar-refractivity contribution < 1.29 is 38.9 Å². The van der Waals surface area contributed by atoms with Gasteiger partial charge in [-0.2, -0.15) is 0 Å². The molecular weight excluding hydrogens is 618 g/mol. The van der Waals surface area contributed by atoms with Crippen LogP contribution in [-0.4, -0.2) is 71.5 Å². The molecule has 1 aromatic carbocycles. The van der Waals surface area contributed by atoms with Crippen LogP contribution in [0, 0.1) is 5.92 Å². The van der Waals surface area contributed by atoms with E-state index in [0.717, 1.165) is 48.3 Å². The molecule has 1 aliphatic carbocycles. The van der Waals surface area contributed by atoms with E-state index in [1.165, 1.54) is 22.6 Å². The summed E-state index contributed by atoms with van der Waals surface area (Å²) in [5.74, 6) is -0.468. The number of aromatic carboxylic acids is 1. The van der Waals surface area contributed by atoms with Crippen LogP contribution in [0.25, 0.3) is 11.1 Å². The quantitative estimate of drug-likeness (QED) is 0.104. The Bertz CT molecular complexity index is 1930. The van der Waals surface area contributed by atoms with Crippen LogP contribution in [0.15, 0.2) is 60.7 Å². The summed E-state index contributed by atoms with van der Waals surface area (Å²) in [6.07, 6.45) is 12.7. The lowest BCUT2D eigenvalue weighted by Crippen LogP contribution is -2.19. The molecule has 3 aromatic heterocycles. The lowest BCUT2D eigenvalue weighted by atomic mass is 9.92. The Kier molecular flexibility index (Phi) is 9.06. The standard InChI is InChI=1S/C34H37N7O7/c1-38-16-23(15-26(38)33(43)37-29-20-39(2)32(36-29)34(44)45)21-10-12-24(13-11-21)35-30(42)9-6-14-48-28-19-40-17-22-7-4-5-8-25(22)41(46)18-27(40)31(28)47-3/h8,10-13,15-16,18-20,22H,4-7,9,14,17H2,1-3H3,(H3-,35,37,42,43,44,45,46)/p+1. The number of hydroxylamine groups is 1. The first kappa shape index (κ1) is 32.2. The average molecular weight is 657 g/mol. The molecule has 2 amide bonds. The first-order valence-electron chi connectivity index (χ1n) is 15.7. The normalized spacial score (nSPS) is 15.4. The summed E-state index contributed by atoms with van der Waals surface area (Å²) in [5.41, 5.74) is 4.31. The minimum absolute atomic E-state index is 0.140. The van der Waals surface area contributed by atoms with E-state index in [1.54, 1.807) is 43.1 Å². The van der Waals surface area contributed by atoms with Crippen LogP contribution in [0.2, 0.25) is 0 Å². The van der Waals surface area contributed by atoms with Crippen molar-refractivity contribution in [3.05, 3.63) is 77.9 Å². The van der Waals surface area contributed by atoms with E-state index in [4.69, 9.17) is 9.47 Å². The molecule has 0 radical (unpaired) electrons. The number of aryl methyl sites for hydroxylation is 2. The molecule has 0 spiro atoms. The zero-order valence-electron chi connectivity index (χ0n) is 27.0. The van der Waals surface area contributed by atoms with Crippen LogP contribution in [0.4, 0.5) is 11.5 Å². The average Bonchev–Trinajstić information content (AvgIpc) is 3.71. The fourth-order valence-electron chi connectivity index (χ4n) is 6.18. The van der Waals surface area contributed by atoms with Gasteiger partial charge in [0, 0.05) is 55.4 Å². The maximum atomic E-state index is 12.9. The van der Waals surface area contributed by atoms with Gasteiger partial charge in [0.15, 0.2) is 23.0 Å². The topological polar surface area (TPSA) is 165 Å². The minimum atomic E-state index is -1.19. The van der Waals surface area contributed by atoms with Gasteiger partial charge in [-0.1, -0.05) is 12.1 Å². The number of nitrogens with zero attached hydrogens (tertiary/aromatic N) is 5. The molecule has 48 heavy (non-hydrogen) atoms. The molecule has 1 aliphatic heterocycles. The van der Waals surface area contributed by atoms with E-state index in [9.17, 15) is 24.7 Å². The van der Waals surface area contributed by atoms with Crippen LogP contribution in [0.5, 0.6) is 11.5 Å². The molecule has 250 valence electrons. The Morgan fingerprint density at radius 1 is 1.06 bits per heavy atom. The highest BCUT2D eigenvalue weighted by Crippen LogP contribution is 2.37. The number of aromatic nitrogens is 4. The van der Waals surface area contributed by atoms with Gasteiger partial charge >= 0.3 is 5.97 Å². The van der Waals surface area contributed by atoms with Gasteiger partial charge in [-0.25, -0.2) is 9.78 Å². The number of allylic oxidation sites excluding steroid dienone is 2. The number of imidazole rings is 1. The van der Waals surface area contributed by atoms with Gasteiger partial charge in [-0.3, -0.25) is 14.8 Å². The number of anilines is 2. The van der Waals surface area contributed by atoms with Crippen LogP contribution in [0.1, 0.15) is 58.9 Å². The summed E-state index contributed by atoms with van der Waals surface area (Å²) in [6.45, 7) is 1.04. The van der Waals surface area contributed by atoms with Crippen LogP contribution in [-0.2, 0) is 25.4 Å². The lowest BCUT2D eigenvalue weighted by molar-refractivity contribution is -0.739. The zero-order valence-corrected chi connectivity index (χ0v) is 27.0. The third-order valence-electron chi connectivity index (χ3n) is 8.55. The summed E-state index contributed by atoms with van der Waals surface area (Å²) in [4.78, 5) is 40.7. The number of nitrogens with one attached hydrogen (secondary N) is 2. The molecule has 14 nitrogen and oxygen atoms in total. The summed E-state index contributed by atoms with van der Waals surface area (Å²) in [5, 5.41) is 25.4. The fourth-order valence-corrected chi connectivity index (χ4v) is 6.18. The first-order valence-corrected chi connectivity index (χ1v) is 15.7. The Morgan fingerprint density at radius 3 is 2.58 bits per heavy atom. The first-order chi connectivity index (χ1) is 23.1. The highest BCUT2D eigenvalue weighted by molar-refractivity contribution is 6.04. The number of amides is 2. The van der Waals surface area contributed by atoms with E-state index >= 15 is 0 Å². The molecule has 0 saturated heterocycles. The number of carbonyl (C=O) groups is 3.